The van der Waals surface area contributed by atoms with Gasteiger partial charge in [-0.2, -0.15) is 0 Å². The lowest BCUT2D eigenvalue weighted by atomic mass is 10.0. The van der Waals surface area contributed by atoms with E-state index in [0.29, 0.717) is 21.8 Å². The van der Waals surface area contributed by atoms with Crippen molar-refractivity contribution in [3.05, 3.63) is 101 Å². The van der Waals surface area contributed by atoms with Gasteiger partial charge in [-0.1, -0.05) is 72.3 Å². The molecule has 0 aliphatic rings. The van der Waals surface area contributed by atoms with Gasteiger partial charge in [0, 0.05) is 10.7 Å². The molecule has 6 heteroatoms. The van der Waals surface area contributed by atoms with Crippen molar-refractivity contribution in [2.24, 2.45) is 0 Å². The fraction of sp³-hybridized carbons (Fsp3) is 0.0952. The van der Waals surface area contributed by atoms with Crippen molar-refractivity contribution in [1.82, 2.24) is 0 Å². The molecule has 0 heterocycles. The van der Waals surface area contributed by atoms with Gasteiger partial charge in [0.25, 0.3) is 0 Å². The third-order valence-corrected chi connectivity index (χ3v) is 6.20. The van der Waals surface area contributed by atoms with Gasteiger partial charge in [-0.05, 0) is 35.4 Å². The first-order valence-electron chi connectivity index (χ1n) is 8.32. The maximum absolute atomic E-state index is 13.1. The molecule has 27 heavy (non-hydrogen) atoms. The predicted molar refractivity (Wildman–Crippen MR) is 109 cm³/mol. The van der Waals surface area contributed by atoms with Crippen LogP contribution in [0.5, 0.6) is 0 Å². The summed E-state index contributed by atoms with van der Waals surface area (Å²) in [7, 11) is -3.79. The third kappa shape index (κ3) is 4.96. The maximum atomic E-state index is 13.1. The molecule has 3 rings (SSSR count). The van der Waals surface area contributed by atoms with E-state index in [2.05, 4.69) is 5.32 Å². The van der Waals surface area contributed by atoms with E-state index in [4.69, 9.17) is 11.6 Å². The standard InChI is InChI=1S/C21H18ClNO3S/c22-18-11-13-19(14-12-18)23-20(24)15-27(25,26)21(16-7-3-1-4-8-16)17-9-5-2-6-10-17/h1-14,21H,15H2,(H,23,24). The largest absolute Gasteiger partial charge is 0.325 e. The van der Waals surface area contributed by atoms with Crippen LogP contribution >= 0.6 is 11.6 Å². The molecule has 0 saturated heterocycles. The summed E-state index contributed by atoms with van der Waals surface area (Å²) in [5.41, 5.74) is 1.75. The lowest BCUT2D eigenvalue weighted by Gasteiger charge is -2.18. The van der Waals surface area contributed by atoms with Crippen LogP contribution in [-0.4, -0.2) is 20.1 Å². The summed E-state index contributed by atoms with van der Waals surface area (Å²) in [4.78, 5) is 12.4. The van der Waals surface area contributed by atoms with Crippen LogP contribution in [0.4, 0.5) is 5.69 Å². The van der Waals surface area contributed by atoms with Gasteiger partial charge in [-0.25, -0.2) is 8.42 Å². The van der Waals surface area contributed by atoms with E-state index in [1.165, 1.54) is 0 Å². The molecule has 0 atom stereocenters. The second kappa shape index (κ2) is 8.37. The highest BCUT2D eigenvalue weighted by molar-refractivity contribution is 7.92. The Hall–Kier alpha value is -2.63. The Labute approximate surface area is 163 Å². The van der Waals surface area contributed by atoms with E-state index in [-0.39, 0.29) is 0 Å². The molecule has 138 valence electrons. The van der Waals surface area contributed by atoms with E-state index in [1.54, 1.807) is 72.8 Å². The highest BCUT2D eigenvalue weighted by Crippen LogP contribution is 2.30. The van der Waals surface area contributed by atoms with Crippen molar-refractivity contribution in [3.63, 3.8) is 0 Å². The van der Waals surface area contributed by atoms with Gasteiger partial charge in [-0.15, -0.1) is 0 Å². The summed E-state index contributed by atoms with van der Waals surface area (Å²) in [6.07, 6.45) is 0. The van der Waals surface area contributed by atoms with Gasteiger partial charge in [0.15, 0.2) is 9.84 Å². The number of sulfone groups is 1. The smallest absolute Gasteiger partial charge is 0.239 e. The van der Waals surface area contributed by atoms with Crippen LogP contribution in [0, 0.1) is 0 Å². The van der Waals surface area contributed by atoms with Gasteiger partial charge in [-0.3, -0.25) is 4.79 Å². The van der Waals surface area contributed by atoms with Crippen LogP contribution in [0.2, 0.25) is 5.02 Å². The number of benzene rings is 3. The molecule has 0 saturated carbocycles. The maximum Gasteiger partial charge on any atom is 0.239 e. The van der Waals surface area contributed by atoms with Crippen molar-refractivity contribution < 1.29 is 13.2 Å². The number of halogens is 1. The van der Waals surface area contributed by atoms with Crippen LogP contribution in [-0.2, 0) is 14.6 Å². The summed E-state index contributed by atoms with van der Waals surface area (Å²) in [5, 5.41) is 2.24. The Morgan fingerprint density at radius 3 is 1.78 bits per heavy atom. The highest BCUT2D eigenvalue weighted by atomic mass is 35.5. The molecule has 0 aromatic heterocycles. The third-order valence-electron chi connectivity index (χ3n) is 4.02. The minimum Gasteiger partial charge on any atom is -0.325 e. The molecule has 0 bridgehead atoms. The summed E-state index contributed by atoms with van der Waals surface area (Å²) < 4.78 is 26.2. The van der Waals surface area contributed by atoms with Crippen LogP contribution in [0.3, 0.4) is 0 Å². The Kier molecular flexibility index (Phi) is 5.94. The minimum atomic E-state index is -3.79. The molecule has 0 radical (unpaired) electrons. The zero-order chi connectivity index (χ0) is 19.3. The molecule has 1 amide bonds. The monoisotopic (exact) mass is 399 g/mol. The second-order valence-electron chi connectivity index (χ2n) is 6.06. The topological polar surface area (TPSA) is 63.2 Å². The molecule has 0 fully saturated rings. The van der Waals surface area contributed by atoms with Crippen molar-refractivity contribution >= 4 is 33.0 Å². The van der Waals surface area contributed by atoms with Crippen molar-refractivity contribution in [2.75, 3.05) is 11.1 Å². The highest BCUT2D eigenvalue weighted by Gasteiger charge is 2.31. The van der Waals surface area contributed by atoms with Crippen molar-refractivity contribution in [3.8, 4) is 0 Å². The number of hydrogen-bond donors (Lipinski definition) is 1. The molecular formula is C21H18ClNO3S. The average Bonchev–Trinajstić information content (AvgIpc) is 2.65. The fourth-order valence-electron chi connectivity index (χ4n) is 2.86. The predicted octanol–water partition coefficient (Wildman–Crippen LogP) is 4.48. The van der Waals surface area contributed by atoms with E-state index < -0.39 is 26.7 Å². The molecule has 4 nitrogen and oxygen atoms in total. The van der Waals surface area contributed by atoms with Gasteiger partial charge < -0.3 is 5.32 Å². The fourth-order valence-corrected chi connectivity index (χ4v) is 4.73. The van der Waals surface area contributed by atoms with E-state index in [1.807, 2.05) is 12.1 Å². The number of carbonyl (C=O) groups excluding carboxylic acids is 1. The molecule has 3 aromatic rings. The number of rotatable bonds is 6. The number of amides is 1. The quantitative estimate of drug-likeness (QED) is 0.664. The Bertz CT molecular complexity index is 965. The first-order valence-corrected chi connectivity index (χ1v) is 10.4. The second-order valence-corrected chi connectivity index (χ2v) is 8.59. The normalized spacial score (nSPS) is 11.3. The summed E-state index contributed by atoms with van der Waals surface area (Å²) in [6.45, 7) is 0. The van der Waals surface area contributed by atoms with Crippen LogP contribution < -0.4 is 5.32 Å². The van der Waals surface area contributed by atoms with Gasteiger partial charge in [0.1, 0.15) is 11.0 Å². The zero-order valence-electron chi connectivity index (χ0n) is 14.4. The Morgan fingerprint density at radius 1 is 0.815 bits per heavy atom. The number of carbonyl (C=O) groups is 1. The summed E-state index contributed by atoms with van der Waals surface area (Å²) in [6, 6.07) is 24.3. The zero-order valence-corrected chi connectivity index (χ0v) is 16.0. The molecule has 0 aliphatic heterocycles. The minimum absolute atomic E-state index is 0.496. The molecule has 3 aromatic carbocycles. The van der Waals surface area contributed by atoms with E-state index in [0.717, 1.165) is 0 Å². The molecule has 0 spiro atoms. The van der Waals surface area contributed by atoms with Crippen LogP contribution in [0.15, 0.2) is 84.9 Å². The molecule has 0 aliphatic carbocycles. The van der Waals surface area contributed by atoms with Gasteiger partial charge >= 0.3 is 0 Å². The number of hydrogen-bond acceptors (Lipinski definition) is 3. The van der Waals surface area contributed by atoms with Crippen molar-refractivity contribution in [1.29, 1.82) is 0 Å². The lowest BCUT2D eigenvalue weighted by molar-refractivity contribution is -0.113. The molecule has 1 N–H and O–H groups in total. The Balaban J connectivity index is 1.87. The molecular weight excluding hydrogens is 382 g/mol. The first-order chi connectivity index (χ1) is 13.0. The Morgan fingerprint density at radius 2 is 1.30 bits per heavy atom. The average molecular weight is 400 g/mol. The SMILES string of the molecule is O=C(CS(=O)(=O)C(c1ccccc1)c1ccccc1)Nc1ccc(Cl)cc1. The molecule has 0 unspecified atom stereocenters. The van der Waals surface area contributed by atoms with Crippen LogP contribution in [0.1, 0.15) is 16.4 Å². The number of anilines is 1. The van der Waals surface area contributed by atoms with Gasteiger partial charge in [0.05, 0.1) is 0 Å². The lowest BCUT2D eigenvalue weighted by Crippen LogP contribution is -2.27. The number of nitrogens with one attached hydrogen (secondary N) is 1. The van der Waals surface area contributed by atoms with Crippen LogP contribution in [0.25, 0.3) is 0 Å². The van der Waals surface area contributed by atoms with E-state index in [9.17, 15) is 13.2 Å². The summed E-state index contributed by atoms with van der Waals surface area (Å²) in [5.74, 6) is -1.21. The summed E-state index contributed by atoms with van der Waals surface area (Å²) >= 11 is 5.82. The van der Waals surface area contributed by atoms with Gasteiger partial charge in [0.2, 0.25) is 5.91 Å². The van der Waals surface area contributed by atoms with E-state index >= 15 is 0 Å². The van der Waals surface area contributed by atoms with Crippen molar-refractivity contribution in [2.45, 2.75) is 5.25 Å². The first kappa shape index (κ1) is 19.1.